The van der Waals surface area contributed by atoms with Gasteiger partial charge in [-0.3, -0.25) is 4.98 Å². The summed E-state index contributed by atoms with van der Waals surface area (Å²) in [5.74, 6) is 0.988. The average Bonchev–Trinajstić information content (AvgIpc) is 2.91. The zero-order valence-electron chi connectivity index (χ0n) is 23.6. The summed E-state index contributed by atoms with van der Waals surface area (Å²) in [6.45, 7) is 12.4. The summed E-state index contributed by atoms with van der Waals surface area (Å²) in [6.07, 6.45) is -2.36. The fourth-order valence-electron chi connectivity index (χ4n) is 4.32. The molecule has 212 valence electrons. The number of pyridine rings is 1. The second-order valence-electron chi connectivity index (χ2n) is 10.8. The number of nitrogens with zero attached hydrogens (tertiary/aromatic N) is 3. The molecule has 0 amide bonds. The summed E-state index contributed by atoms with van der Waals surface area (Å²) in [5.41, 5.74) is 1.95. The lowest BCUT2D eigenvalue weighted by atomic mass is 9.87. The number of hydrogen-bond acceptors (Lipinski definition) is 6. The van der Waals surface area contributed by atoms with E-state index in [2.05, 4.69) is 60.4 Å². The van der Waals surface area contributed by atoms with Crippen molar-refractivity contribution < 1.29 is 17.9 Å². The Labute approximate surface area is 233 Å². The number of nitrogens with one attached hydrogen (secondary N) is 2. The first-order chi connectivity index (χ1) is 19.0. The minimum Gasteiger partial charge on any atom is -0.370 e. The van der Waals surface area contributed by atoms with E-state index in [4.69, 9.17) is 9.72 Å². The van der Waals surface area contributed by atoms with Crippen molar-refractivity contribution in [1.29, 1.82) is 0 Å². The smallest absolute Gasteiger partial charge is 0.370 e. The first kappa shape index (κ1) is 29.4. The van der Waals surface area contributed by atoms with E-state index in [-0.39, 0.29) is 23.8 Å². The number of anilines is 2. The Morgan fingerprint density at radius 1 is 0.975 bits per heavy atom. The van der Waals surface area contributed by atoms with Gasteiger partial charge >= 0.3 is 6.18 Å². The third-order valence-electron chi connectivity index (χ3n) is 6.62. The van der Waals surface area contributed by atoms with Gasteiger partial charge in [0.25, 0.3) is 0 Å². The highest BCUT2D eigenvalue weighted by atomic mass is 19.4. The molecule has 2 aromatic heterocycles. The van der Waals surface area contributed by atoms with E-state index in [1.807, 2.05) is 19.1 Å². The Kier molecular flexibility index (Phi) is 9.05. The van der Waals surface area contributed by atoms with E-state index >= 15 is 0 Å². The first-order valence-corrected chi connectivity index (χ1v) is 13.5. The Hall–Kier alpha value is -3.56. The molecule has 0 fully saturated rings. The minimum atomic E-state index is -4.53. The largest absolute Gasteiger partial charge is 0.418 e. The molecule has 0 aliphatic rings. The van der Waals surface area contributed by atoms with Crippen LogP contribution in [0.25, 0.3) is 22.2 Å². The third-order valence-corrected chi connectivity index (χ3v) is 6.62. The van der Waals surface area contributed by atoms with E-state index in [1.54, 1.807) is 18.2 Å². The van der Waals surface area contributed by atoms with Crippen molar-refractivity contribution in [2.75, 3.05) is 18.4 Å². The van der Waals surface area contributed by atoms with E-state index in [1.165, 1.54) is 17.8 Å². The number of alkyl halides is 3. The van der Waals surface area contributed by atoms with Crippen molar-refractivity contribution in [3.05, 3.63) is 77.7 Å². The number of benzene rings is 2. The van der Waals surface area contributed by atoms with Crippen molar-refractivity contribution in [2.24, 2.45) is 0 Å². The molecule has 0 spiro atoms. The molecule has 0 aliphatic carbocycles. The van der Waals surface area contributed by atoms with Gasteiger partial charge in [-0.05, 0) is 73.8 Å². The molecule has 2 N–H and O–H groups in total. The maximum absolute atomic E-state index is 13.7. The summed E-state index contributed by atoms with van der Waals surface area (Å²) in [7, 11) is 0. The maximum Gasteiger partial charge on any atom is 0.418 e. The zero-order chi connectivity index (χ0) is 28.9. The molecular formula is C31H36F3N5O. The molecule has 0 bridgehead atoms. The summed E-state index contributed by atoms with van der Waals surface area (Å²) in [4.78, 5) is 13.5. The fraction of sp³-hybridized carbons (Fsp3) is 0.387. The Balaban J connectivity index is 1.72. The molecule has 0 radical (unpaired) electrons. The van der Waals surface area contributed by atoms with E-state index < -0.39 is 11.7 Å². The van der Waals surface area contributed by atoms with Crippen LogP contribution >= 0.6 is 0 Å². The summed E-state index contributed by atoms with van der Waals surface area (Å²) in [5, 5.41) is 7.34. The first-order valence-electron chi connectivity index (χ1n) is 13.5. The van der Waals surface area contributed by atoms with Crippen molar-refractivity contribution in [2.45, 2.75) is 65.3 Å². The quantitative estimate of drug-likeness (QED) is 0.197. The molecule has 0 saturated heterocycles. The van der Waals surface area contributed by atoms with Gasteiger partial charge in [-0.25, -0.2) is 9.97 Å². The molecule has 2 aromatic carbocycles. The molecule has 4 aromatic rings. The van der Waals surface area contributed by atoms with Crippen LogP contribution in [0.4, 0.5) is 24.7 Å². The number of aromatic nitrogens is 3. The van der Waals surface area contributed by atoms with Crippen molar-refractivity contribution in [3.8, 4) is 11.3 Å². The molecule has 4 rings (SSSR count). The standard InChI is InChI=1S/C31H36F3N5O/c1-6-35-17-15-20(2)40-19-27-38-26-18-21(28-25(31(32,33)34)8-7-16-36-28)9-14-24(26)29(39-27)37-23-12-10-22(11-13-23)30(3,4)5/h7-14,16,18,20,35H,6,15,17,19H2,1-5H3,(H,37,38,39)/t20-/m1/s1. The molecule has 0 aliphatic heterocycles. The van der Waals surface area contributed by atoms with Gasteiger partial charge in [0.1, 0.15) is 12.4 Å². The van der Waals surface area contributed by atoms with Crippen LogP contribution in [0.2, 0.25) is 0 Å². The van der Waals surface area contributed by atoms with Crippen LogP contribution < -0.4 is 10.6 Å². The lowest BCUT2D eigenvalue weighted by Gasteiger charge is -2.19. The molecule has 6 nitrogen and oxygen atoms in total. The highest BCUT2D eigenvalue weighted by Gasteiger charge is 2.34. The summed E-state index contributed by atoms with van der Waals surface area (Å²) >= 11 is 0. The van der Waals surface area contributed by atoms with E-state index in [0.29, 0.717) is 28.1 Å². The number of rotatable bonds is 10. The molecular weight excluding hydrogens is 515 g/mol. The minimum absolute atomic E-state index is 0.0190. The summed E-state index contributed by atoms with van der Waals surface area (Å²) < 4.78 is 47.1. The fourth-order valence-corrected chi connectivity index (χ4v) is 4.32. The third kappa shape index (κ3) is 7.34. The monoisotopic (exact) mass is 551 g/mol. The highest BCUT2D eigenvalue weighted by molar-refractivity contribution is 5.93. The van der Waals surface area contributed by atoms with Crippen molar-refractivity contribution in [3.63, 3.8) is 0 Å². The second kappa shape index (κ2) is 12.3. The van der Waals surface area contributed by atoms with Crippen LogP contribution in [-0.4, -0.2) is 34.1 Å². The van der Waals surface area contributed by atoms with Crippen LogP contribution in [0.3, 0.4) is 0 Å². The van der Waals surface area contributed by atoms with Gasteiger partial charge in [-0.15, -0.1) is 0 Å². The predicted molar refractivity (Wildman–Crippen MR) is 154 cm³/mol. The normalized spacial score (nSPS) is 13.0. The molecule has 0 unspecified atom stereocenters. The second-order valence-corrected chi connectivity index (χ2v) is 10.8. The van der Waals surface area contributed by atoms with E-state index in [9.17, 15) is 13.2 Å². The van der Waals surface area contributed by atoms with E-state index in [0.717, 1.165) is 31.3 Å². The Bertz CT molecular complexity index is 1430. The highest BCUT2D eigenvalue weighted by Crippen LogP contribution is 2.37. The topological polar surface area (TPSA) is 72.0 Å². The molecule has 2 heterocycles. The van der Waals surface area contributed by atoms with Crippen LogP contribution in [0.5, 0.6) is 0 Å². The van der Waals surface area contributed by atoms with Crippen LogP contribution in [0.15, 0.2) is 60.8 Å². The Morgan fingerprint density at radius 3 is 2.40 bits per heavy atom. The summed E-state index contributed by atoms with van der Waals surface area (Å²) in [6, 6.07) is 15.4. The van der Waals surface area contributed by atoms with Crippen molar-refractivity contribution >= 4 is 22.4 Å². The predicted octanol–water partition coefficient (Wildman–Crippen LogP) is 7.66. The van der Waals surface area contributed by atoms with Crippen LogP contribution in [0, 0.1) is 0 Å². The number of hydrogen-bond donors (Lipinski definition) is 2. The molecule has 40 heavy (non-hydrogen) atoms. The maximum atomic E-state index is 13.7. The average molecular weight is 552 g/mol. The molecule has 0 saturated carbocycles. The van der Waals surface area contributed by atoms with Crippen molar-refractivity contribution in [1.82, 2.24) is 20.3 Å². The Morgan fingerprint density at radius 2 is 1.73 bits per heavy atom. The lowest BCUT2D eigenvalue weighted by molar-refractivity contribution is -0.137. The SMILES string of the molecule is CCNCC[C@@H](C)OCc1nc(Nc2ccc(C(C)(C)C)cc2)c2ccc(-c3ncccc3C(F)(F)F)cc2n1. The van der Waals surface area contributed by atoms with Gasteiger partial charge < -0.3 is 15.4 Å². The number of halogens is 3. The van der Waals surface area contributed by atoms with Crippen LogP contribution in [-0.2, 0) is 22.9 Å². The van der Waals surface area contributed by atoms with Gasteiger partial charge in [-0.2, -0.15) is 13.2 Å². The zero-order valence-corrected chi connectivity index (χ0v) is 23.6. The van der Waals surface area contributed by atoms with Gasteiger partial charge in [0.2, 0.25) is 0 Å². The lowest BCUT2D eigenvalue weighted by Crippen LogP contribution is -2.20. The van der Waals surface area contributed by atoms with Gasteiger partial charge in [0.15, 0.2) is 5.82 Å². The molecule has 9 heteroatoms. The van der Waals surface area contributed by atoms with Gasteiger partial charge in [-0.1, -0.05) is 45.9 Å². The van der Waals surface area contributed by atoms with Gasteiger partial charge in [0, 0.05) is 22.8 Å². The number of ether oxygens (including phenoxy) is 1. The number of fused-ring (bicyclic) bond motifs is 1. The van der Waals surface area contributed by atoms with Crippen LogP contribution in [0.1, 0.15) is 58.0 Å². The van der Waals surface area contributed by atoms with Gasteiger partial charge in [0.05, 0.1) is 22.9 Å². The molecule has 1 atom stereocenters.